The van der Waals surface area contributed by atoms with Crippen LogP contribution in [-0.4, -0.2) is 87.0 Å². The minimum Gasteiger partial charge on any atom is -0.396 e. The van der Waals surface area contributed by atoms with Gasteiger partial charge in [-0.05, 0) is 42.8 Å². The first-order chi connectivity index (χ1) is 17.4. The number of fused-ring (bicyclic) bond motifs is 1. The maximum atomic E-state index is 12.7. The van der Waals surface area contributed by atoms with Crippen LogP contribution in [0.3, 0.4) is 0 Å². The van der Waals surface area contributed by atoms with Gasteiger partial charge in [-0.1, -0.05) is 0 Å². The van der Waals surface area contributed by atoms with Gasteiger partial charge in [0, 0.05) is 51.1 Å². The number of rotatable bonds is 11. The smallest absolute Gasteiger partial charge is 0.339 e. The van der Waals surface area contributed by atoms with E-state index in [1.165, 1.54) is 24.3 Å². The zero-order valence-electron chi connectivity index (χ0n) is 19.7. The molecule has 0 bridgehead atoms. The highest BCUT2D eigenvalue weighted by atomic mass is 32.2. The molecule has 2 amide bonds. The van der Waals surface area contributed by atoms with Crippen molar-refractivity contribution in [2.75, 3.05) is 63.2 Å². The molecule has 12 nitrogen and oxygen atoms in total. The third kappa shape index (κ3) is 7.07. The lowest BCUT2D eigenvalue weighted by Crippen LogP contribution is -2.42. The van der Waals surface area contributed by atoms with Crippen molar-refractivity contribution in [1.29, 1.82) is 0 Å². The van der Waals surface area contributed by atoms with Gasteiger partial charge in [0.05, 0.1) is 24.2 Å². The van der Waals surface area contributed by atoms with E-state index in [1.54, 1.807) is 18.2 Å². The van der Waals surface area contributed by atoms with Crippen LogP contribution in [0, 0.1) is 0 Å². The molecule has 0 aliphatic carbocycles. The SMILES string of the molecule is O=C(NCCN1CCOCC1)Nc1nc2ccc(OS(=O)(=O)c3ccc(NCCCO)cc3)cc2[nH]1. The monoisotopic (exact) mass is 518 g/mol. The molecule has 1 fully saturated rings. The van der Waals surface area contributed by atoms with Crippen molar-refractivity contribution < 1.29 is 27.2 Å². The summed E-state index contributed by atoms with van der Waals surface area (Å²) in [7, 11) is -4.05. The lowest BCUT2D eigenvalue weighted by Gasteiger charge is -2.26. The Hall–Kier alpha value is -3.39. The van der Waals surface area contributed by atoms with Gasteiger partial charge in [-0.2, -0.15) is 8.42 Å². The molecule has 1 aliphatic heterocycles. The number of aromatic amines is 1. The van der Waals surface area contributed by atoms with Gasteiger partial charge in [0.15, 0.2) is 0 Å². The number of aliphatic hydroxyl groups excluding tert-OH is 1. The molecule has 0 saturated carbocycles. The van der Waals surface area contributed by atoms with E-state index in [0.29, 0.717) is 43.8 Å². The summed E-state index contributed by atoms with van der Waals surface area (Å²) in [5.41, 5.74) is 1.79. The average Bonchev–Trinajstić information content (AvgIpc) is 3.26. The molecule has 0 spiro atoms. The number of morpholine rings is 1. The third-order valence-electron chi connectivity index (χ3n) is 5.52. The molecule has 3 aromatic rings. The molecular formula is C23H30N6O6S. The minimum absolute atomic E-state index is 0.0102. The number of hydrogen-bond acceptors (Lipinski definition) is 9. The summed E-state index contributed by atoms with van der Waals surface area (Å²) in [4.78, 5) is 21.7. The fourth-order valence-corrected chi connectivity index (χ4v) is 4.55. The average molecular weight is 519 g/mol. The Bertz CT molecular complexity index is 1260. The van der Waals surface area contributed by atoms with Crippen molar-refractivity contribution in [2.45, 2.75) is 11.3 Å². The van der Waals surface area contributed by atoms with Crippen LogP contribution in [0.25, 0.3) is 11.0 Å². The summed E-state index contributed by atoms with van der Waals surface area (Å²) in [6.45, 7) is 4.98. The summed E-state index contributed by atoms with van der Waals surface area (Å²) in [6, 6.07) is 10.4. The molecule has 1 aromatic heterocycles. The summed E-state index contributed by atoms with van der Waals surface area (Å²) in [5.74, 6) is 0.343. The lowest BCUT2D eigenvalue weighted by atomic mass is 10.3. The van der Waals surface area contributed by atoms with Gasteiger partial charge in [-0.25, -0.2) is 9.78 Å². The normalized spacial score (nSPS) is 14.5. The number of aliphatic hydroxyl groups is 1. The Labute approximate surface area is 209 Å². The largest absolute Gasteiger partial charge is 0.396 e. The maximum Gasteiger partial charge on any atom is 0.339 e. The standard InChI is InChI=1S/C23H30N6O6S/c30-13-1-8-24-17-2-5-19(6-3-17)36(32,33)35-18-4-7-20-21(16-18)27-22(26-20)28-23(31)25-9-10-29-11-14-34-15-12-29/h2-7,16,24,30H,1,8-15H2,(H3,25,26,27,28,31). The molecule has 1 saturated heterocycles. The predicted octanol–water partition coefficient (Wildman–Crippen LogP) is 1.58. The van der Waals surface area contributed by atoms with Crippen molar-refractivity contribution >= 4 is 38.8 Å². The van der Waals surface area contributed by atoms with Gasteiger partial charge in [-0.3, -0.25) is 10.2 Å². The molecule has 4 rings (SSSR count). The zero-order chi connectivity index (χ0) is 25.4. The van der Waals surface area contributed by atoms with E-state index in [2.05, 4.69) is 30.8 Å². The number of ether oxygens (including phenoxy) is 1. The van der Waals surface area contributed by atoms with Crippen LogP contribution in [0.1, 0.15) is 6.42 Å². The Balaban J connectivity index is 1.32. The van der Waals surface area contributed by atoms with E-state index >= 15 is 0 Å². The second-order valence-corrected chi connectivity index (χ2v) is 9.71. The Morgan fingerprint density at radius 2 is 1.92 bits per heavy atom. The number of amides is 2. The molecule has 36 heavy (non-hydrogen) atoms. The highest BCUT2D eigenvalue weighted by molar-refractivity contribution is 7.87. The Kier molecular flexibility index (Phi) is 8.59. The number of nitrogens with one attached hydrogen (secondary N) is 4. The molecule has 0 unspecified atom stereocenters. The highest BCUT2D eigenvalue weighted by Gasteiger charge is 2.18. The Morgan fingerprint density at radius 1 is 1.14 bits per heavy atom. The van der Waals surface area contributed by atoms with Crippen LogP contribution in [0.15, 0.2) is 47.4 Å². The minimum atomic E-state index is -4.05. The molecular weight excluding hydrogens is 488 g/mol. The van der Waals surface area contributed by atoms with Gasteiger partial charge >= 0.3 is 16.1 Å². The number of benzene rings is 2. The van der Waals surface area contributed by atoms with Crippen molar-refractivity contribution in [2.24, 2.45) is 0 Å². The van der Waals surface area contributed by atoms with Crippen molar-refractivity contribution in [3.8, 4) is 5.75 Å². The molecule has 0 radical (unpaired) electrons. The molecule has 2 heterocycles. The molecule has 2 aromatic carbocycles. The summed E-state index contributed by atoms with van der Waals surface area (Å²) in [6.07, 6.45) is 0.593. The second kappa shape index (κ2) is 12.0. The van der Waals surface area contributed by atoms with Gasteiger partial charge in [0.1, 0.15) is 10.6 Å². The van der Waals surface area contributed by atoms with E-state index in [4.69, 9.17) is 14.0 Å². The first-order valence-electron chi connectivity index (χ1n) is 11.7. The van der Waals surface area contributed by atoms with Crippen LogP contribution < -0.4 is 20.1 Å². The molecule has 5 N–H and O–H groups in total. The number of anilines is 2. The fourth-order valence-electron chi connectivity index (χ4n) is 3.63. The van der Waals surface area contributed by atoms with E-state index < -0.39 is 16.1 Å². The molecule has 13 heteroatoms. The number of hydrogen-bond donors (Lipinski definition) is 5. The van der Waals surface area contributed by atoms with Crippen molar-refractivity contribution in [3.05, 3.63) is 42.5 Å². The predicted molar refractivity (Wildman–Crippen MR) is 135 cm³/mol. The lowest BCUT2D eigenvalue weighted by molar-refractivity contribution is 0.0388. The quantitative estimate of drug-likeness (QED) is 0.188. The first kappa shape index (κ1) is 25.7. The van der Waals surface area contributed by atoms with Gasteiger partial charge in [0.2, 0.25) is 5.95 Å². The van der Waals surface area contributed by atoms with Crippen molar-refractivity contribution in [1.82, 2.24) is 20.2 Å². The fraction of sp³-hybridized carbons (Fsp3) is 0.391. The molecule has 0 atom stereocenters. The Morgan fingerprint density at radius 3 is 2.67 bits per heavy atom. The number of aromatic nitrogens is 2. The van der Waals surface area contributed by atoms with Crippen molar-refractivity contribution in [3.63, 3.8) is 0 Å². The highest BCUT2D eigenvalue weighted by Crippen LogP contribution is 2.24. The van der Waals surface area contributed by atoms with Gasteiger partial charge in [0.25, 0.3) is 0 Å². The van der Waals surface area contributed by atoms with E-state index in [-0.39, 0.29) is 23.2 Å². The second-order valence-electron chi connectivity index (χ2n) is 8.17. The number of nitrogens with zero attached hydrogens (tertiary/aromatic N) is 2. The van der Waals surface area contributed by atoms with Crippen LogP contribution in [0.4, 0.5) is 16.4 Å². The third-order valence-corrected chi connectivity index (χ3v) is 6.78. The van der Waals surface area contributed by atoms with Gasteiger partial charge in [-0.15, -0.1) is 0 Å². The van der Waals surface area contributed by atoms with E-state index in [9.17, 15) is 13.2 Å². The number of imidazole rings is 1. The number of urea groups is 1. The summed E-state index contributed by atoms with van der Waals surface area (Å²) in [5, 5.41) is 17.4. The summed E-state index contributed by atoms with van der Waals surface area (Å²) < 4.78 is 36.0. The van der Waals surface area contributed by atoms with Gasteiger partial charge < -0.3 is 29.6 Å². The molecule has 194 valence electrons. The maximum absolute atomic E-state index is 12.7. The first-order valence-corrected chi connectivity index (χ1v) is 13.1. The zero-order valence-corrected chi connectivity index (χ0v) is 20.5. The summed E-state index contributed by atoms with van der Waals surface area (Å²) >= 11 is 0. The van der Waals surface area contributed by atoms with E-state index in [1.807, 2.05) is 0 Å². The number of carbonyl (C=O) groups is 1. The number of H-pyrrole nitrogens is 1. The van der Waals surface area contributed by atoms with Crippen LogP contribution in [0.2, 0.25) is 0 Å². The topological polar surface area (TPSA) is 158 Å². The van der Waals surface area contributed by atoms with Crippen LogP contribution in [0.5, 0.6) is 5.75 Å². The van der Waals surface area contributed by atoms with E-state index in [0.717, 1.165) is 25.3 Å². The van der Waals surface area contributed by atoms with Crippen LogP contribution >= 0.6 is 0 Å². The van der Waals surface area contributed by atoms with Crippen LogP contribution in [-0.2, 0) is 14.9 Å². The molecule has 1 aliphatic rings. The number of carbonyl (C=O) groups excluding carboxylic acids is 1.